The van der Waals surface area contributed by atoms with E-state index in [1.54, 1.807) is 0 Å². The predicted molar refractivity (Wildman–Crippen MR) is 128 cm³/mol. The minimum Gasteiger partial charge on any atom is -0.378 e. The first-order chi connectivity index (χ1) is 17.1. The fourth-order valence-electron chi connectivity index (χ4n) is 3.26. The Hall–Kier alpha value is -3.00. The van der Waals surface area contributed by atoms with E-state index in [4.69, 9.17) is 27.9 Å². The molecule has 0 saturated carbocycles. The third-order valence-corrected chi connectivity index (χ3v) is 6.68. The van der Waals surface area contributed by atoms with Crippen molar-refractivity contribution in [3.05, 3.63) is 61.9 Å². The van der Waals surface area contributed by atoms with Gasteiger partial charge in [0.25, 0.3) is 11.8 Å². The van der Waals surface area contributed by atoms with E-state index in [0.717, 1.165) is 23.5 Å². The number of anilines is 2. The van der Waals surface area contributed by atoms with Gasteiger partial charge >= 0.3 is 6.18 Å². The van der Waals surface area contributed by atoms with Crippen molar-refractivity contribution in [2.24, 2.45) is 0 Å². The monoisotopic (exact) mass is 560 g/mol. The molecule has 1 aliphatic rings. The van der Waals surface area contributed by atoms with Gasteiger partial charge in [0.15, 0.2) is 11.5 Å². The highest BCUT2D eigenvalue weighted by atomic mass is 35.5. The summed E-state index contributed by atoms with van der Waals surface area (Å²) in [5.74, 6) is -0.780. The van der Waals surface area contributed by atoms with E-state index in [0.29, 0.717) is 37.1 Å². The van der Waals surface area contributed by atoms with Gasteiger partial charge in [-0.25, -0.2) is 15.0 Å². The molecule has 2 aromatic heterocycles. The number of carbonyl (C=O) groups is 2. The van der Waals surface area contributed by atoms with Crippen molar-refractivity contribution in [2.45, 2.75) is 12.7 Å². The van der Waals surface area contributed by atoms with Crippen LogP contribution in [-0.2, 0) is 17.5 Å². The average molecular weight is 561 g/mol. The Bertz CT molecular complexity index is 1280. The summed E-state index contributed by atoms with van der Waals surface area (Å²) >= 11 is 12.9. The Kier molecular flexibility index (Phi) is 7.93. The number of halogens is 5. The van der Waals surface area contributed by atoms with Crippen molar-refractivity contribution in [2.75, 3.05) is 36.5 Å². The summed E-state index contributed by atoms with van der Waals surface area (Å²) < 4.78 is 44.4. The number of morpholine rings is 1. The summed E-state index contributed by atoms with van der Waals surface area (Å²) in [5, 5.41) is 5.04. The highest BCUT2D eigenvalue weighted by Crippen LogP contribution is 2.36. The highest BCUT2D eigenvalue weighted by Gasteiger charge is 2.33. The minimum absolute atomic E-state index is 0.00844. The van der Waals surface area contributed by atoms with E-state index < -0.39 is 28.6 Å². The lowest BCUT2D eigenvalue weighted by Gasteiger charge is -2.28. The number of amides is 2. The van der Waals surface area contributed by atoms with Gasteiger partial charge in [0, 0.05) is 18.8 Å². The van der Waals surface area contributed by atoms with E-state index in [2.05, 4.69) is 25.6 Å². The number of thiazole rings is 1. The molecule has 2 amide bonds. The summed E-state index contributed by atoms with van der Waals surface area (Å²) in [6.45, 7) is 2.17. The molecule has 0 unspecified atom stereocenters. The van der Waals surface area contributed by atoms with Crippen LogP contribution in [-0.4, -0.2) is 53.1 Å². The van der Waals surface area contributed by atoms with E-state index >= 15 is 0 Å². The van der Waals surface area contributed by atoms with Crippen LogP contribution in [0.3, 0.4) is 0 Å². The number of carbonyl (C=O) groups excluding carboxylic acids is 2. The topological polar surface area (TPSA) is 109 Å². The number of nitrogens with zero attached hydrogens (tertiary/aromatic N) is 4. The van der Waals surface area contributed by atoms with E-state index in [1.165, 1.54) is 18.6 Å². The molecule has 1 saturated heterocycles. The fourth-order valence-corrected chi connectivity index (χ4v) is 4.54. The van der Waals surface area contributed by atoms with E-state index in [9.17, 15) is 22.8 Å². The van der Waals surface area contributed by atoms with Crippen LogP contribution in [0.1, 0.15) is 30.7 Å². The summed E-state index contributed by atoms with van der Waals surface area (Å²) in [6, 6.07) is 3.06. The van der Waals surface area contributed by atoms with Gasteiger partial charge in [-0.15, -0.1) is 11.3 Å². The molecule has 3 aromatic rings. The van der Waals surface area contributed by atoms with Gasteiger partial charge in [-0.3, -0.25) is 9.59 Å². The van der Waals surface area contributed by atoms with Gasteiger partial charge < -0.3 is 20.3 Å². The molecule has 1 aromatic carbocycles. The fraction of sp³-hybridized carbons (Fsp3) is 0.286. The quantitative estimate of drug-likeness (QED) is 0.463. The smallest absolute Gasteiger partial charge is 0.378 e. The maximum atomic E-state index is 13.0. The molecule has 1 aliphatic heterocycles. The summed E-state index contributed by atoms with van der Waals surface area (Å²) in [7, 11) is 0. The molecule has 0 bridgehead atoms. The van der Waals surface area contributed by atoms with Gasteiger partial charge in [0.05, 0.1) is 36.5 Å². The normalized spacial score (nSPS) is 14.0. The lowest BCUT2D eigenvalue weighted by atomic mass is 10.2. The van der Waals surface area contributed by atoms with Crippen molar-refractivity contribution in [3.63, 3.8) is 0 Å². The van der Waals surface area contributed by atoms with Crippen LogP contribution in [0.4, 0.5) is 24.7 Å². The molecule has 4 rings (SSSR count). The van der Waals surface area contributed by atoms with Crippen LogP contribution < -0.4 is 15.5 Å². The van der Waals surface area contributed by atoms with Crippen LogP contribution in [0.25, 0.3) is 0 Å². The Morgan fingerprint density at radius 3 is 2.58 bits per heavy atom. The molecule has 190 valence electrons. The maximum Gasteiger partial charge on any atom is 0.417 e. The Balaban J connectivity index is 1.38. The van der Waals surface area contributed by atoms with Crippen LogP contribution >= 0.6 is 34.5 Å². The maximum absolute atomic E-state index is 13.0. The molecule has 0 atom stereocenters. The highest BCUT2D eigenvalue weighted by molar-refractivity contribution is 7.13. The molecule has 0 radical (unpaired) electrons. The van der Waals surface area contributed by atoms with Crippen LogP contribution in [0.2, 0.25) is 10.0 Å². The number of nitrogens with one attached hydrogen (secondary N) is 2. The largest absolute Gasteiger partial charge is 0.417 e. The molecule has 1 fully saturated rings. The Labute approximate surface area is 216 Å². The van der Waals surface area contributed by atoms with Gasteiger partial charge in [-0.05, 0) is 18.2 Å². The molecule has 2 N–H and O–H groups in total. The van der Waals surface area contributed by atoms with Crippen LogP contribution in [0, 0.1) is 0 Å². The van der Waals surface area contributed by atoms with Gasteiger partial charge in [0.2, 0.25) is 0 Å². The molecule has 9 nitrogen and oxygen atoms in total. The third-order valence-electron chi connectivity index (χ3n) is 5.00. The number of rotatable bonds is 6. The number of aromatic nitrogens is 3. The molecular weight excluding hydrogens is 544 g/mol. The van der Waals surface area contributed by atoms with Crippen molar-refractivity contribution < 1.29 is 27.5 Å². The van der Waals surface area contributed by atoms with Crippen molar-refractivity contribution in [1.29, 1.82) is 0 Å². The van der Waals surface area contributed by atoms with Crippen molar-refractivity contribution in [1.82, 2.24) is 20.3 Å². The van der Waals surface area contributed by atoms with E-state index in [-0.39, 0.29) is 27.8 Å². The molecule has 0 spiro atoms. The Morgan fingerprint density at radius 1 is 1.11 bits per heavy atom. The van der Waals surface area contributed by atoms with Gasteiger partial charge in [0.1, 0.15) is 21.2 Å². The summed E-state index contributed by atoms with van der Waals surface area (Å²) in [4.78, 5) is 39.4. The molecule has 0 aliphatic carbocycles. The number of hydrogen-bond donors (Lipinski definition) is 2. The summed E-state index contributed by atoms with van der Waals surface area (Å²) in [6.07, 6.45) is -2.15. The van der Waals surface area contributed by atoms with Crippen LogP contribution in [0.15, 0.2) is 30.7 Å². The number of alkyl halides is 3. The van der Waals surface area contributed by atoms with Crippen molar-refractivity contribution in [3.8, 4) is 0 Å². The average Bonchev–Trinajstić information content (AvgIpc) is 3.33. The zero-order valence-corrected chi connectivity index (χ0v) is 20.6. The Morgan fingerprint density at radius 2 is 1.86 bits per heavy atom. The van der Waals surface area contributed by atoms with E-state index in [1.807, 2.05) is 4.90 Å². The zero-order chi connectivity index (χ0) is 25.9. The van der Waals surface area contributed by atoms with Crippen LogP contribution in [0.5, 0.6) is 0 Å². The second-order valence-corrected chi connectivity index (χ2v) is 9.31. The second-order valence-electron chi connectivity index (χ2n) is 7.41. The first-order valence-corrected chi connectivity index (χ1v) is 11.9. The number of hydrogen-bond acceptors (Lipinski definition) is 8. The minimum atomic E-state index is -4.66. The SMILES string of the molecule is O=C(Nc1ccc(Cl)c(C(F)(F)F)c1)c1cnc(CNC(=O)c2ncnc(N3CCOCC3)c2Cl)s1. The molecular formula is C21H17Cl2F3N6O3S. The predicted octanol–water partition coefficient (Wildman–Crippen LogP) is 4.28. The standard InChI is InChI=1S/C21H17Cl2F3N6O3S/c22-13-2-1-11(7-12(13)21(24,25)26)31-19(33)14-8-27-15(36-14)9-28-20(34)17-16(23)18(30-10-29-17)32-3-5-35-6-4-32/h1-2,7-8,10H,3-6,9H2,(H,28,34)(H,31,33). The third kappa shape index (κ3) is 6.03. The lowest BCUT2D eigenvalue weighted by molar-refractivity contribution is -0.137. The van der Waals surface area contributed by atoms with Crippen molar-refractivity contribution >= 4 is 57.9 Å². The number of benzene rings is 1. The van der Waals surface area contributed by atoms with Gasteiger partial charge in [-0.2, -0.15) is 13.2 Å². The molecule has 36 heavy (non-hydrogen) atoms. The molecule has 15 heteroatoms. The first kappa shape index (κ1) is 26.1. The zero-order valence-electron chi connectivity index (χ0n) is 18.2. The first-order valence-electron chi connectivity index (χ1n) is 10.4. The second kappa shape index (κ2) is 10.9. The lowest BCUT2D eigenvalue weighted by Crippen LogP contribution is -2.37. The van der Waals surface area contributed by atoms with Gasteiger partial charge in [-0.1, -0.05) is 23.2 Å². The molecule has 3 heterocycles. The number of ether oxygens (including phenoxy) is 1. The summed E-state index contributed by atoms with van der Waals surface area (Å²) in [5.41, 5.74) is -1.14.